The maximum absolute atomic E-state index is 11.9. The lowest BCUT2D eigenvalue weighted by Gasteiger charge is -2.08. The lowest BCUT2D eigenvalue weighted by molar-refractivity contribution is -0.123. The van der Waals surface area contributed by atoms with E-state index in [1.54, 1.807) is 31.4 Å². The average molecular weight is 555 g/mol. The van der Waals surface area contributed by atoms with Gasteiger partial charge in [-0.25, -0.2) is 5.43 Å². The first-order chi connectivity index (χ1) is 13.5. The number of hydrogen-bond donors (Lipinski definition) is 1. The van der Waals surface area contributed by atoms with Gasteiger partial charge in [0.2, 0.25) is 0 Å². The number of amides is 1. The van der Waals surface area contributed by atoms with Gasteiger partial charge in [0, 0.05) is 9.13 Å². The Bertz CT molecular complexity index is 986. The third kappa shape index (κ3) is 5.59. The van der Waals surface area contributed by atoms with Gasteiger partial charge in [-0.2, -0.15) is 5.10 Å². The van der Waals surface area contributed by atoms with E-state index in [1.165, 1.54) is 6.21 Å². The number of furan rings is 1. The monoisotopic (exact) mass is 554 g/mol. The number of methoxy groups -OCH3 is 1. The Labute approximate surface area is 184 Å². The number of carbonyl (C=O) groups excluding carboxylic acids is 1. The van der Waals surface area contributed by atoms with Crippen molar-refractivity contribution < 1.29 is 18.7 Å². The van der Waals surface area contributed by atoms with E-state index in [9.17, 15) is 4.79 Å². The lowest BCUT2D eigenvalue weighted by Crippen LogP contribution is -2.24. The summed E-state index contributed by atoms with van der Waals surface area (Å²) in [5, 5.41) is 3.89. The Kier molecular flexibility index (Phi) is 7.10. The number of carbonyl (C=O) groups is 1. The SMILES string of the molecule is COc1ccc(OCC(=O)N/N=C/c2ccc(-c3ccc(I)cc3)o2)c(Br)c1. The minimum absolute atomic E-state index is 0.172. The average Bonchev–Trinajstić information content (AvgIpc) is 3.16. The normalized spacial score (nSPS) is 10.8. The number of nitrogens with one attached hydrogen (secondary N) is 1. The van der Waals surface area contributed by atoms with Crippen LogP contribution in [0, 0.1) is 3.57 Å². The summed E-state index contributed by atoms with van der Waals surface area (Å²) in [5.41, 5.74) is 3.38. The summed E-state index contributed by atoms with van der Waals surface area (Å²) in [6.07, 6.45) is 1.44. The molecular formula is C20H16BrIN2O4. The number of rotatable bonds is 7. The van der Waals surface area contributed by atoms with Crippen molar-refractivity contribution in [2.45, 2.75) is 0 Å². The number of hydrazone groups is 1. The smallest absolute Gasteiger partial charge is 0.277 e. The number of nitrogens with zero attached hydrogens (tertiary/aromatic N) is 1. The Morgan fingerprint density at radius 3 is 2.71 bits per heavy atom. The molecule has 28 heavy (non-hydrogen) atoms. The lowest BCUT2D eigenvalue weighted by atomic mass is 10.2. The third-order valence-corrected chi connectivity index (χ3v) is 4.97. The van der Waals surface area contributed by atoms with Crippen LogP contribution in [0.25, 0.3) is 11.3 Å². The highest BCUT2D eigenvalue weighted by Crippen LogP contribution is 2.29. The molecule has 0 radical (unpaired) electrons. The molecule has 0 saturated carbocycles. The van der Waals surface area contributed by atoms with Crippen LogP contribution in [0.2, 0.25) is 0 Å². The van der Waals surface area contributed by atoms with Gasteiger partial charge in [-0.3, -0.25) is 4.79 Å². The standard InChI is InChI=1S/C20H16BrIN2O4/c1-26-15-6-9-19(17(21)10-15)27-12-20(25)24-23-11-16-7-8-18(28-16)13-2-4-14(22)5-3-13/h2-11H,12H2,1H3,(H,24,25)/b23-11+. The molecule has 0 aliphatic heterocycles. The Balaban J connectivity index is 1.50. The Hall–Kier alpha value is -2.33. The topological polar surface area (TPSA) is 73.1 Å². The minimum atomic E-state index is -0.386. The highest BCUT2D eigenvalue weighted by Gasteiger charge is 2.07. The molecular weight excluding hydrogens is 539 g/mol. The van der Waals surface area contributed by atoms with Gasteiger partial charge in [0.25, 0.3) is 5.91 Å². The number of benzene rings is 2. The second-order valence-corrected chi connectivity index (χ2v) is 7.69. The third-order valence-electron chi connectivity index (χ3n) is 3.63. The molecule has 0 unspecified atom stereocenters. The molecule has 3 aromatic rings. The molecule has 0 fully saturated rings. The first-order valence-electron chi connectivity index (χ1n) is 8.19. The van der Waals surface area contributed by atoms with Crippen LogP contribution >= 0.6 is 38.5 Å². The van der Waals surface area contributed by atoms with Crippen LogP contribution in [0.1, 0.15) is 5.76 Å². The zero-order valence-electron chi connectivity index (χ0n) is 14.8. The van der Waals surface area contributed by atoms with Gasteiger partial charge in [0.05, 0.1) is 17.8 Å². The second kappa shape index (κ2) is 9.74. The first kappa shape index (κ1) is 20.4. The van der Waals surface area contributed by atoms with E-state index in [1.807, 2.05) is 30.3 Å². The van der Waals surface area contributed by atoms with Crippen molar-refractivity contribution in [1.29, 1.82) is 0 Å². The predicted octanol–water partition coefficient (Wildman–Crippen LogP) is 4.85. The van der Waals surface area contributed by atoms with Crippen LogP contribution in [0.5, 0.6) is 11.5 Å². The largest absolute Gasteiger partial charge is 0.497 e. The van der Waals surface area contributed by atoms with Gasteiger partial charge in [-0.1, -0.05) is 12.1 Å². The molecule has 0 aliphatic rings. The number of ether oxygens (including phenoxy) is 2. The second-order valence-electron chi connectivity index (χ2n) is 5.59. The van der Waals surface area contributed by atoms with Crippen molar-refractivity contribution in [2.24, 2.45) is 5.10 Å². The van der Waals surface area contributed by atoms with Crippen molar-refractivity contribution in [1.82, 2.24) is 5.43 Å². The number of halogens is 2. The fourth-order valence-electron chi connectivity index (χ4n) is 2.26. The highest BCUT2D eigenvalue weighted by atomic mass is 127. The van der Waals surface area contributed by atoms with Crippen LogP contribution in [0.3, 0.4) is 0 Å². The highest BCUT2D eigenvalue weighted by molar-refractivity contribution is 14.1. The molecule has 144 valence electrons. The summed E-state index contributed by atoms with van der Waals surface area (Å²) in [6.45, 7) is -0.172. The molecule has 1 amide bonds. The summed E-state index contributed by atoms with van der Waals surface area (Å²) in [7, 11) is 1.58. The molecule has 0 bridgehead atoms. The van der Waals surface area contributed by atoms with Crippen molar-refractivity contribution in [2.75, 3.05) is 13.7 Å². The molecule has 0 aliphatic carbocycles. The van der Waals surface area contributed by atoms with E-state index in [4.69, 9.17) is 13.9 Å². The first-order valence-corrected chi connectivity index (χ1v) is 10.1. The van der Waals surface area contributed by atoms with Crippen molar-refractivity contribution >= 4 is 50.6 Å². The van der Waals surface area contributed by atoms with Gasteiger partial charge < -0.3 is 13.9 Å². The summed E-state index contributed by atoms with van der Waals surface area (Å²) >= 11 is 5.62. The van der Waals surface area contributed by atoms with Crippen molar-refractivity contribution in [3.8, 4) is 22.8 Å². The number of hydrogen-bond acceptors (Lipinski definition) is 5. The molecule has 1 aromatic heterocycles. The zero-order chi connectivity index (χ0) is 19.9. The summed E-state index contributed by atoms with van der Waals surface area (Å²) in [5.74, 6) is 2.11. The predicted molar refractivity (Wildman–Crippen MR) is 119 cm³/mol. The molecule has 0 atom stereocenters. The fraction of sp³-hybridized carbons (Fsp3) is 0.100. The van der Waals surface area contributed by atoms with Crippen LogP contribution in [-0.4, -0.2) is 25.8 Å². The van der Waals surface area contributed by atoms with Gasteiger partial charge >= 0.3 is 0 Å². The summed E-state index contributed by atoms with van der Waals surface area (Å²) < 4.78 is 18.1. The Morgan fingerprint density at radius 2 is 2.00 bits per heavy atom. The van der Waals surface area contributed by atoms with Gasteiger partial charge in [-0.05, 0) is 81.0 Å². The summed E-state index contributed by atoms with van der Waals surface area (Å²) in [6, 6.07) is 16.8. The van der Waals surface area contributed by atoms with Gasteiger partial charge in [-0.15, -0.1) is 0 Å². The van der Waals surface area contributed by atoms with E-state index in [0.29, 0.717) is 21.7 Å². The Morgan fingerprint density at radius 1 is 1.21 bits per heavy atom. The van der Waals surface area contributed by atoms with E-state index in [-0.39, 0.29) is 12.5 Å². The van der Waals surface area contributed by atoms with E-state index < -0.39 is 0 Å². The zero-order valence-corrected chi connectivity index (χ0v) is 18.6. The van der Waals surface area contributed by atoms with Crippen LogP contribution in [0.15, 0.2) is 68.6 Å². The minimum Gasteiger partial charge on any atom is -0.497 e. The molecule has 1 heterocycles. The van der Waals surface area contributed by atoms with Gasteiger partial charge in [0.15, 0.2) is 6.61 Å². The maximum atomic E-state index is 11.9. The molecule has 3 rings (SSSR count). The maximum Gasteiger partial charge on any atom is 0.277 e. The van der Waals surface area contributed by atoms with E-state index >= 15 is 0 Å². The van der Waals surface area contributed by atoms with E-state index in [0.717, 1.165) is 14.9 Å². The van der Waals surface area contributed by atoms with Crippen molar-refractivity contribution in [3.05, 3.63) is 68.4 Å². The molecule has 0 saturated heterocycles. The molecule has 1 N–H and O–H groups in total. The summed E-state index contributed by atoms with van der Waals surface area (Å²) in [4.78, 5) is 11.9. The van der Waals surface area contributed by atoms with Crippen LogP contribution in [0.4, 0.5) is 0 Å². The molecule has 2 aromatic carbocycles. The quantitative estimate of drug-likeness (QED) is 0.257. The van der Waals surface area contributed by atoms with Crippen molar-refractivity contribution in [3.63, 3.8) is 0 Å². The van der Waals surface area contributed by atoms with Crippen LogP contribution in [-0.2, 0) is 4.79 Å². The fourth-order valence-corrected chi connectivity index (χ4v) is 3.09. The molecule has 0 spiro atoms. The van der Waals surface area contributed by atoms with E-state index in [2.05, 4.69) is 49.0 Å². The molecule has 8 heteroatoms. The van der Waals surface area contributed by atoms with Crippen LogP contribution < -0.4 is 14.9 Å². The molecule has 6 nitrogen and oxygen atoms in total. The van der Waals surface area contributed by atoms with Gasteiger partial charge in [0.1, 0.15) is 23.0 Å².